The normalized spacial score (nSPS) is 10.9. The minimum Gasteiger partial charge on any atom is -0.381 e. The molecular weight excluding hydrogens is 232 g/mol. The summed E-state index contributed by atoms with van der Waals surface area (Å²) in [5.41, 5.74) is 3.07. The Balaban J connectivity index is 1.86. The van der Waals surface area contributed by atoms with Crippen molar-refractivity contribution in [1.29, 1.82) is 0 Å². The Hall–Kier alpha value is -0.450. The van der Waals surface area contributed by atoms with Crippen LogP contribution in [0.2, 0.25) is 0 Å². The summed E-state index contributed by atoms with van der Waals surface area (Å²) in [4.78, 5) is 5.59. The lowest BCUT2D eigenvalue weighted by Crippen LogP contribution is -2.07. The van der Waals surface area contributed by atoms with Crippen LogP contribution in [0.15, 0.2) is 5.51 Å². The van der Waals surface area contributed by atoms with Crippen molar-refractivity contribution in [2.24, 2.45) is 0 Å². The lowest BCUT2D eigenvalue weighted by atomic mass is 10.2. The zero-order valence-corrected chi connectivity index (χ0v) is 11.8. The number of aryl methyl sites for hydroxylation is 1. The van der Waals surface area contributed by atoms with Gasteiger partial charge in [-0.2, -0.15) is 0 Å². The summed E-state index contributed by atoms with van der Waals surface area (Å²) < 4.78 is 5.63. The second kappa shape index (κ2) is 9.57. The minimum absolute atomic E-state index is 0.833. The molecule has 0 amide bonds. The zero-order chi connectivity index (χ0) is 12.3. The van der Waals surface area contributed by atoms with Crippen LogP contribution in [0.3, 0.4) is 0 Å². The lowest BCUT2D eigenvalue weighted by Gasteiger charge is -2.04. The van der Waals surface area contributed by atoms with E-state index in [0.717, 1.165) is 31.9 Å². The van der Waals surface area contributed by atoms with Crippen LogP contribution in [-0.2, 0) is 11.2 Å². The van der Waals surface area contributed by atoms with E-state index < -0.39 is 0 Å². The molecule has 1 aromatic rings. The second-order valence-electron chi connectivity index (χ2n) is 4.24. The topological polar surface area (TPSA) is 34.1 Å². The second-order valence-corrected chi connectivity index (χ2v) is 5.18. The highest BCUT2D eigenvalue weighted by Crippen LogP contribution is 2.12. The van der Waals surface area contributed by atoms with Crippen LogP contribution in [0.25, 0.3) is 0 Å². The van der Waals surface area contributed by atoms with Crippen LogP contribution in [-0.4, -0.2) is 31.8 Å². The summed E-state index contributed by atoms with van der Waals surface area (Å²) in [6.07, 6.45) is 6.05. The smallest absolute Gasteiger partial charge is 0.0797 e. The number of hydrogen-bond acceptors (Lipinski definition) is 4. The fraction of sp³-hybridized carbons (Fsp3) is 0.769. The van der Waals surface area contributed by atoms with Gasteiger partial charge in [0.15, 0.2) is 0 Å². The van der Waals surface area contributed by atoms with Gasteiger partial charge in [0, 0.05) is 17.9 Å². The number of rotatable bonds is 10. The molecule has 0 spiro atoms. The first-order chi connectivity index (χ1) is 8.34. The molecule has 1 rings (SSSR count). The minimum atomic E-state index is 0.833. The van der Waals surface area contributed by atoms with Crippen LogP contribution >= 0.6 is 11.3 Å². The fourth-order valence-corrected chi connectivity index (χ4v) is 2.46. The third kappa shape index (κ3) is 6.76. The number of nitrogens with zero attached hydrogens (tertiary/aromatic N) is 1. The van der Waals surface area contributed by atoms with Crippen molar-refractivity contribution < 1.29 is 4.74 Å². The van der Waals surface area contributed by atoms with E-state index in [9.17, 15) is 0 Å². The molecule has 0 aromatic carbocycles. The number of aromatic nitrogens is 1. The monoisotopic (exact) mass is 256 g/mol. The molecule has 0 saturated heterocycles. The van der Waals surface area contributed by atoms with Gasteiger partial charge in [0.2, 0.25) is 0 Å². The molecule has 0 saturated carbocycles. The Morgan fingerprint density at radius 3 is 2.76 bits per heavy atom. The third-order valence-corrected chi connectivity index (χ3v) is 3.78. The van der Waals surface area contributed by atoms with Crippen LogP contribution in [0, 0.1) is 6.92 Å². The van der Waals surface area contributed by atoms with Gasteiger partial charge in [-0.05, 0) is 33.4 Å². The Kier molecular flexibility index (Phi) is 8.22. The predicted octanol–water partition coefficient (Wildman–Crippen LogP) is 2.79. The zero-order valence-electron chi connectivity index (χ0n) is 11.0. The van der Waals surface area contributed by atoms with E-state index in [4.69, 9.17) is 4.74 Å². The fourth-order valence-electron chi connectivity index (χ4n) is 1.69. The molecule has 0 radical (unpaired) electrons. The maximum Gasteiger partial charge on any atom is 0.0797 e. The van der Waals surface area contributed by atoms with E-state index >= 15 is 0 Å². The molecule has 0 aliphatic heterocycles. The van der Waals surface area contributed by atoms with Crippen molar-refractivity contribution in [1.82, 2.24) is 10.3 Å². The molecule has 1 heterocycles. The Morgan fingerprint density at radius 1 is 1.24 bits per heavy atom. The lowest BCUT2D eigenvalue weighted by molar-refractivity contribution is 0.133. The average Bonchev–Trinajstić information content (AvgIpc) is 2.73. The van der Waals surface area contributed by atoms with Crippen LogP contribution in [0.4, 0.5) is 0 Å². The summed E-state index contributed by atoms with van der Waals surface area (Å²) in [7, 11) is 2.00. The molecule has 4 heteroatoms. The molecular formula is C13H24N2OS. The van der Waals surface area contributed by atoms with E-state index in [0.29, 0.717) is 0 Å². The van der Waals surface area contributed by atoms with Crippen molar-refractivity contribution in [3.8, 4) is 0 Å². The van der Waals surface area contributed by atoms with Crippen molar-refractivity contribution in [2.45, 2.75) is 39.0 Å². The first-order valence-corrected chi connectivity index (χ1v) is 7.34. The van der Waals surface area contributed by atoms with Gasteiger partial charge < -0.3 is 10.1 Å². The molecule has 98 valence electrons. The summed E-state index contributed by atoms with van der Waals surface area (Å²) in [6, 6.07) is 0. The van der Waals surface area contributed by atoms with E-state index in [2.05, 4.69) is 17.2 Å². The average molecular weight is 256 g/mol. The van der Waals surface area contributed by atoms with Crippen molar-refractivity contribution in [3.05, 3.63) is 16.1 Å². The van der Waals surface area contributed by atoms with Gasteiger partial charge in [-0.15, -0.1) is 11.3 Å². The van der Waals surface area contributed by atoms with Crippen LogP contribution < -0.4 is 5.32 Å². The quantitative estimate of drug-likeness (QED) is 0.654. The van der Waals surface area contributed by atoms with Crippen LogP contribution in [0.1, 0.15) is 36.3 Å². The first kappa shape index (κ1) is 14.6. The van der Waals surface area contributed by atoms with Crippen molar-refractivity contribution >= 4 is 11.3 Å². The van der Waals surface area contributed by atoms with Gasteiger partial charge in [-0.25, -0.2) is 4.98 Å². The molecule has 1 N–H and O–H groups in total. The number of ether oxygens (including phenoxy) is 1. The molecule has 3 nitrogen and oxygen atoms in total. The van der Waals surface area contributed by atoms with Gasteiger partial charge in [-0.3, -0.25) is 0 Å². The summed E-state index contributed by atoms with van der Waals surface area (Å²) >= 11 is 1.73. The number of unbranched alkanes of at least 4 members (excludes halogenated alkanes) is 3. The molecule has 0 fully saturated rings. The number of hydrogen-bond donors (Lipinski definition) is 1. The van der Waals surface area contributed by atoms with Gasteiger partial charge in [0.1, 0.15) is 0 Å². The Morgan fingerprint density at radius 2 is 2.06 bits per heavy atom. The van der Waals surface area contributed by atoms with Crippen molar-refractivity contribution in [3.63, 3.8) is 0 Å². The van der Waals surface area contributed by atoms with Gasteiger partial charge in [-0.1, -0.05) is 12.8 Å². The maximum absolute atomic E-state index is 5.63. The highest BCUT2D eigenvalue weighted by atomic mass is 32.1. The molecule has 0 unspecified atom stereocenters. The third-order valence-electron chi connectivity index (χ3n) is 2.78. The number of thiazole rings is 1. The molecule has 0 bridgehead atoms. The van der Waals surface area contributed by atoms with E-state index in [1.165, 1.54) is 30.6 Å². The van der Waals surface area contributed by atoms with Crippen molar-refractivity contribution in [2.75, 3.05) is 26.8 Å². The van der Waals surface area contributed by atoms with Gasteiger partial charge in [0.25, 0.3) is 0 Å². The largest absolute Gasteiger partial charge is 0.381 e. The predicted molar refractivity (Wildman–Crippen MR) is 73.8 cm³/mol. The molecule has 0 aliphatic carbocycles. The Bertz CT molecular complexity index is 289. The van der Waals surface area contributed by atoms with Crippen LogP contribution in [0.5, 0.6) is 0 Å². The molecule has 0 aliphatic rings. The molecule has 1 aromatic heterocycles. The standard InChI is InChI=1S/C13H24N2OS/c1-12-13(17-11-15-12)7-10-16-9-6-4-3-5-8-14-2/h11,14H,3-10H2,1-2H3. The van der Waals surface area contributed by atoms with E-state index in [1.54, 1.807) is 11.3 Å². The maximum atomic E-state index is 5.63. The van der Waals surface area contributed by atoms with E-state index in [1.807, 2.05) is 12.6 Å². The highest BCUT2D eigenvalue weighted by Gasteiger charge is 2.00. The number of nitrogens with one attached hydrogen (secondary N) is 1. The highest BCUT2D eigenvalue weighted by molar-refractivity contribution is 7.09. The van der Waals surface area contributed by atoms with Gasteiger partial charge >= 0.3 is 0 Å². The van der Waals surface area contributed by atoms with E-state index in [-0.39, 0.29) is 0 Å². The SMILES string of the molecule is CNCCCCCCOCCc1scnc1C. The summed E-state index contributed by atoms with van der Waals surface area (Å²) in [5.74, 6) is 0. The Labute approximate surface area is 109 Å². The van der Waals surface area contributed by atoms with Gasteiger partial charge in [0.05, 0.1) is 17.8 Å². The summed E-state index contributed by atoms with van der Waals surface area (Å²) in [5, 5.41) is 3.16. The first-order valence-electron chi connectivity index (χ1n) is 6.46. The molecule has 0 atom stereocenters. The molecule has 17 heavy (non-hydrogen) atoms. The summed E-state index contributed by atoms with van der Waals surface area (Å²) in [6.45, 7) is 4.93.